The minimum Gasteiger partial charge on any atom is -0.490 e. The number of rotatable bonds is 6. The van der Waals surface area contributed by atoms with Crippen LogP contribution < -0.4 is 4.74 Å². The smallest absolute Gasteiger partial charge is 0.227 e. The number of para-hydroxylation sites is 1. The molecule has 6 heteroatoms. The summed E-state index contributed by atoms with van der Waals surface area (Å²) in [5.74, 6) is 0.149. The molecule has 1 aromatic rings. The van der Waals surface area contributed by atoms with Crippen LogP contribution in [0.2, 0.25) is 0 Å². The van der Waals surface area contributed by atoms with Crippen LogP contribution in [0.3, 0.4) is 0 Å². The third-order valence-corrected chi connectivity index (χ3v) is 4.31. The number of benzene rings is 1. The summed E-state index contributed by atoms with van der Waals surface area (Å²) in [4.78, 5) is 18.5. The van der Waals surface area contributed by atoms with Crippen molar-refractivity contribution < 1.29 is 13.9 Å². The fourth-order valence-electron chi connectivity index (χ4n) is 3.00. The number of carbonyl (C=O) groups excluding carboxylic acids is 1. The summed E-state index contributed by atoms with van der Waals surface area (Å²) < 4.78 is 19.0. The maximum Gasteiger partial charge on any atom is 0.227 e. The van der Waals surface area contributed by atoms with Crippen LogP contribution in [0.1, 0.15) is 6.42 Å². The quantitative estimate of drug-likeness (QED) is 0.738. The molecule has 0 bridgehead atoms. The Bertz CT molecular complexity index is 539. The van der Waals surface area contributed by atoms with E-state index in [0.717, 1.165) is 39.1 Å². The first-order chi connectivity index (χ1) is 11.5. The molecule has 0 spiro atoms. The standard InChI is InChI=1S/C18H28FN3O2/c1-20(2)18(23)15-13-21(3)10-11-22(14-15)9-6-12-24-17-8-5-4-7-16(17)19/h4-5,7-8,15H,6,9-14H2,1-3H3/t15-/m0/s1. The maximum atomic E-state index is 13.5. The predicted octanol–water partition coefficient (Wildman–Crippen LogP) is 1.55. The van der Waals surface area contributed by atoms with E-state index in [9.17, 15) is 9.18 Å². The van der Waals surface area contributed by atoms with Crippen LogP contribution in [0.5, 0.6) is 5.75 Å². The third kappa shape index (κ3) is 5.46. The Morgan fingerprint density at radius 3 is 2.75 bits per heavy atom. The van der Waals surface area contributed by atoms with E-state index in [4.69, 9.17) is 4.74 Å². The van der Waals surface area contributed by atoms with Crippen LogP contribution in [0.15, 0.2) is 24.3 Å². The highest BCUT2D eigenvalue weighted by atomic mass is 19.1. The summed E-state index contributed by atoms with van der Waals surface area (Å²) in [6.07, 6.45) is 0.806. The van der Waals surface area contributed by atoms with Gasteiger partial charge in [0.05, 0.1) is 12.5 Å². The number of hydrogen-bond donors (Lipinski definition) is 0. The molecule has 24 heavy (non-hydrogen) atoms. The zero-order chi connectivity index (χ0) is 17.5. The second-order valence-electron chi connectivity index (χ2n) is 6.62. The van der Waals surface area contributed by atoms with Gasteiger partial charge in [-0.2, -0.15) is 0 Å². The van der Waals surface area contributed by atoms with Crippen molar-refractivity contribution >= 4 is 5.91 Å². The second-order valence-corrected chi connectivity index (χ2v) is 6.62. The van der Waals surface area contributed by atoms with Crippen molar-refractivity contribution in [1.82, 2.24) is 14.7 Å². The highest BCUT2D eigenvalue weighted by Gasteiger charge is 2.27. The molecule has 0 aliphatic carbocycles. The molecule has 0 saturated carbocycles. The van der Waals surface area contributed by atoms with Gasteiger partial charge in [0.15, 0.2) is 11.6 Å². The Morgan fingerprint density at radius 1 is 1.29 bits per heavy atom. The van der Waals surface area contributed by atoms with Gasteiger partial charge in [0.25, 0.3) is 0 Å². The zero-order valence-electron chi connectivity index (χ0n) is 14.9. The molecule has 1 aliphatic rings. The van der Waals surface area contributed by atoms with E-state index in [1.54, 1.807) is 37.2 Å². The van der Waals surface area contributed by atoms with E-state index in [1.165, 1.54) is 6.07 Å². The number of hydrogen-bond acceptors (Lipinski definition) is 4. The normalized spacial score (nSPS) is 19.8. The Hall–Kier alpha value is -1.66. The molecule has 2 rings (SSSR count). The lowest BCUT2D eigenvalue weighted by atomic mass is 10.1. The highest BCUT2D eigenvalue weighted by Crippen LogP contribution is 2.16. The molecule has 1 aromatic carbocycles. The van der Waals surface area contributed by atoms with E-state index >= 15 is 0 Å². The summed E-state index contributed by atoms with van der Waals surface area (Å²) in [5, 5.41) is 0. The lowest BCUT2D eigenvalue weighted by Gasteiger charge is -2.25. The Balaban J connectivity index is 1.80. The molecule has 0 N–H and O–H groups in total. The van der Waals surface area contributed by atoms with Gasteiger partial charge in [-0.3, -0.25) is 4.79 Å². The maximum absolute atomic E-state index is 13.5. The lowest BCUT2D eigenvalue weighted by Crippen LogP contribution is -2.40. The minimum atomic E-state index is -0.328. The van der Waals surface area contributed by atoms with E-state index in [2.05, 4.69) is 16.8 Å². The molecular weight excluding hydrogens is 309 g/mol. The number of likely N-dealkylation sites (N-methyl/N-ethyl adjacent to an activating group) is 1. The first kappa shape index (κ1) is 18.7. The Kier molecular flexibility index (Phi) is 6.99. The fourth-order valence-corrected chi connectivity index (χ4v) is 3.00. The van der Waals surface area contributed by atoms with Gasteiger partial charge in [0.2, 0.25) is 5.91 Å². The first-order valence-electron chi connectivity index (χ1n) is 8.46. The first-order valence-corrected chi connectivity index (χ1v) is 8.46. The van der Waals surface area contributed by atoms with Crippen molar-refractivity contribution in [2.45, 2.75) is 6.42 Å². The van der Waals surface area contributed by atoms with Gasteiger partial charge in [-0.25, -0.2) is 4.39 Å². The van der Waals surface area contributed by atoms with Gasteiger partial charge >= 0.3 is 0 Å². The molecule has 5 nitrogen and oxygen atoms in total. The largest absolute Gasteiger partial charge is 0.490 e. The number of amides is 1. The van der Waals surface area contributed by atoms with Gasteiger partial charge < -0.3 is 19.4 Å². The van der Waals surface area contributed by atoms with Crippen molar-refractivity contribution in [1.29, 1.82) is 0 Å². The topological polar surface area (TPSA) is 36.0 Å². The average molecular weight is 337 g/mol. The third-order valence-electron chi connectivity index (χ3n) is 4.31. The second kappa shape index (κ2) is 8.99. The van der Waals surface area contributed by atoms with Gasteiger partial charge in [-0.15, -0.1) is 0 Å². The molecule has 1 fully saturated rings. The SMILES string of the molecule is CN1CCN(CCCOc2ccccc2F)C[C@@H](C(=O)N(C)C)C1. The van der Waals surface area contributed by atoms with E-state index in [1.807, 2.05) is 0 Å². The molecule has 0 aromatic heterocycles. The monoisotopic (exact) mass is 337 g/mol. The van der Waals surface area contributed by atoms with Gasteiger partial charge in [-0.1, -0.05) is 12.1 Å². The van der Waals surface area contributed by atoms with Gasteiger partial charge in [0.1, 0.15) is 0 Å². The molecule has 134 valence electrons. The molecule has 1 aliphatic heterocycles. The summed E-state index contributed by atoms with van der Waals surface area (Å²) in [6.45, 7) is 4.76. The van der Waals surface area contributed by atoms with Crippen LogP contribution in [0, 0.1) is 11.7 Å². The van der Waals surface area contributed by atoms with Crippen molar-refractivity contribution in [3.8, 4) is 5.75 Å². The van der Waals surface area contributed by atoms with E-state index in [-0.39, 0.29) is 17.6 Å². The molecule has 0 unspecified atom stereocenters. The van der Waals surface area contributed by atoms with E-state index in [0.29, 0.717) is 12.4 Å². The van der Waals surface area contributed by atoms with Crippen LogP contribution in [-0.4, -0.2) is 81.1 Å². The highest BCUT2D eigenvalue weighted by molar-refractivity contribution is 5.78. The van der Waals surface area contributed by atoms with Crippen molar-refractivity contribution in [2.75, 3.05) is 60.5 Å². The van der Waals surface area contributed by atoms with Crippen LogP contribution >= 0.6 is 0 Å². The van der Waals surface area contributed by atoms with Crippen LogP contribution in [-0.2, 0) is 4.79 Å². The predicted molar refractivity (Wildman–Crippen MR) is 92.6 cm³/mol. The minimum absolute atomic E-state index is 0.0000128. The number of halogens is 1. The van der Waals surface area contributed by atoms with Crippen molar-refractivity contribution in [2.24, 2.45) is 5.92 Å². The Morgan fingerprint density at radius 2 is 2.04 bits per heavy atom. The van der Waals surface area contributed by atoms with Crippen molar-refractivity contribution in [3.05, 3.63) is 30.1 Å². The van der Waals surface area contributed by atoms with Crippen LogP contribution in [0.25, 0.3) is 0 Å². The molecule has 1 saturated heterocycles. The average Bonchev–Trinajstić information content (AvgIpc) is 2.74. The molecule has 1 heterocycles. The molecular formula is C18H28FN3O2. The number of ether oxygens (including phenoxy) is 1. The summed E-state index contributed by atoms with van der Waals surface area (Å²) >= 11 is 0. The molecule has 1 amide bonds. The number of carbonyl (C=O) groups is 1. The summed E-state index contributed by atoms with van der Waals surface area (Å²) in [7, 11) is 5.67. The van der Waals surface area contributed by atoms with Gasteiger partial charge in [0, 0.05) is 46.8 Å². The van der Waals surface area contributed by atoms with Crippen LogP contribution in [0.4, 0.5) is 4.39 Å². The number of nitrogens with zero attached hydrogens (tertiary/aromatic N) is 3. The molecule has 0 radical (unpaired) electrons. The lowest BCUT2D eigenvalue weighted by molar-refractivity contribution is -0.133. The fraction of sp³-hybridized carbons (Fsp3) is 0.611. The van der Waals surface area contributed by atoms with E-state index < -0.39 is 0 Å². The summed E-state index contributed by atoms with van der Waals surface area (Å²) in [5.41, 5.74) is 0. The Labute approximate surface area is 144 Å². The molecule has 1 atom stereocenters. The van der Waals surface area contributed by atoms with Crippen molar-refractivity contribution in [3.63, 3.8) is 0 Å². The zero-order valence-corrected chi connectivity index (χ0v) is 14.9. The van der Waals surface area contributed by atoms with Gasteiger partial charge in [-0.05, 0) is 25.6 Å². The summed E-state index contributed by atoms with van der Waals surface area (Å²) in [6, 6.07) is 6.46.